The molecule has 1 aliphatic carbocycles. The molecular formula is C21H16F3N3O4S3. The molecule has 34 heavy (non-hydrogen) atoms. The van der Waals surface area contributed by atoms with E-state index in [1.807, 2.05) is 0 Å². The van der Waals surface area contributed by atoms with Crippen LogP contribution in [0.1, 0.15) is 30.6 Å². The number of halogens is 3. The highest BCUT2D eigenvalue weighted by molar-refractivity contribution is 7.91. The van der Waals surface area contributed by atoms with Crippen molar-refractivity contribution in [2.75, 3.05) is 5.75 Å². The Kier molecular flexibility index (Phi) is 5.60. The minimum absolute atomic E-state index is 0.00446. The normalized spacial score (nSPS) is 15.6. The largest absolute Gasteiger partial charge is 0.475 e. The minimum Gasteiger partial charge on any atom is -0.435 e. The summed E-state index contributed by atoms with van der Waals surface area (Å²) < 4.78 is 81.5. The average molecular weight is 528 g/mol. The van der Waals surface area contributed by atoms with Crippen LogP contribution in [0.3, 0.4) is 0 Å². The molecule has 0 amide bonds. The fraction of sp³-hybridized carbons (Fsp3) is 0.286. The lowest BCUT2D eigenvalue weighted by Gasteiger charge is -2.07. The van der Waals surface area contributed by atoms with Gasteiger partial charge in [-0.25, -0.2) is 27.6 Å². The van der Waals surface area contributed by atoms with Crippen molar-refractivity contribution in [2.24, 2.45) is 0 Å². The molecule has 0 saturated heterocycles. The Bertz CT molecular complexity index is 1540. The molecule has 0 radical (unpaired) electrons. The molecule has 5 rings (SSSR count). The second-order valence-corrected chi connectivity index (χ2v) is 12.5. The molecule has 1 aromatic carbocycles. The van der Waals surface area contributed by atoms with Crippen molar-refractivity contribution in [1.82, 2.24) is 15.0 Å². The summed E-state index contributed by atoms with van der Waals surface area (Å²) in [5.41, 5.74) is -4.33. The Balaban J connectivity index is 1.60. The molecule has 7 nitrogen and oxygen atoms in total. The van der Waals surface area contributed by atoms with E-state index in [2.05, 4.69) is 15.0 Å². The molecule has 0 spiro atoms. The number of nitrogens with zero attached hydrogens (tertiary/aromatic N) is 3. The molecule has 0 aliphatic heterocycles. The number of hydrogen-bond acceptors (Lipinski definition) is 8. The zero-order valence-corrected chi connectivity index (χ0v) is 19.9. The first-order valence-electron chi connectivity index (χ1n) is 10.2. The summed E-state index contributed by atoms with van der Waals surface area (Å²) in [6, 6.07) is 4.71. The van der Waals surface area contributed by atoms with E-state index >= 15 is 0 Å². The molecule has 178 valence electrons. The van der Waals surface area contributed by atoms with E-state index in [0.717, 1.165) is 29.9 Å². The van der Waals surface area contributed by atoms with E-state index in [-0.39, 0.29) is 33.3 Å². The van der Waals surface area contributed by atoms with Crippen LogP contribution in [0, 0.1) is 0 Å². The number of hydrogen-bond donors (Lipinski definition) is 0. The number of benzene rings is 1. The Morgan fingerprint density at radius 1 is 1.18 bits per heavy atom. The van der Waals surface area contributed by atoms with Crippen molar-refractivity contribution >= 4 is 43.1 Å². The van der Waals surface area contributed by atoms with Crippen molar-refractivity contribution < 1.29 is 30.2 Å². The predicted octanol–water partition coefficient (Wildman–Crippen LogP) is 5.31. The molecule has 3 heterocycles. The van der Waals surface area contributed by atoms with E-state index in [9.17, 15) is 25.8 Å². The van der Waals surface area contributed by atoms with E-state index in [1.54, 1.807) is 6.20 Å². The molecular weight excluding hydrogens is 511 g/mol. The lowest BCUT2D eigenvalue weighted by atomic mass is 10.2. The summed E-state index contributed by atoms with van der Waals surface area (Å²) in [6.07, 6.45) is 5.50. The molecule has 1 unspecified atom stereocenters. The third kappa shape index (κ3) is 4.27. The molecule has 1 saturated carbocycles. The van der Waals surface area contributed by atoms with Gasteiger partial charge in [0.15, 0.2) is 26.2 Å². The first kappa shape index (κ1) is 23.1. The van der Waals surface area contributed by atoms with Gasteiger partial charge in [-0.3, -0.25) is 0 Å². The molecule has 0 bridgehead atoms. The number of aromatic nitrogens is 3. The summed E-state index contributed by atoms with van der Waals surface area (Å²) >= 11 is 1.49. The van der Waals surface area contributed by atoms with Crippen molar-refractivity contribution in [3.05, 3.63) is 41.5 Å². The van der Waals surface area contributed by atoms with Crippen molar-refractivity contribution in [3.8, 4) is 22.2 Å². The quantitative estimate of drug-likeness (QED) is 0.335. The molecule has 3 aromatic heterocycles. The van der Waals surface area contributed by atoms with Crippen molar-refractivity contribution in [1.29, 1.82) is 0 Å². The van der Waals surface area contributed by atoms with Crippen LogP contribution in [0.2, 0.25) is 0 Å². The van der Waals surface area contributed by atoms with Gasteiger partial charge < -0.3 is 4.42 Å². The Hall–Kier alpha value is -2.64. The highest BCUT2D eigenvalue weighted by atomic mass is 32.2. The SMILES string of the molecule is CCS(=O)(=O)c1cc(-c2ncc(C3CC3)s2)cnc1-c1nc2cc(S(=O)C(F)(F)F)ccc2o1. The fourth-order valence-electron chi connectivity index (χ4n) is 3.35. The van der Waals surface area contributed by atoms with Crippen LogP contribution in [0.25, 0.3) is 33.3 Å². The molecule has 1 aliphatic rings. The first-order valence-corrected chi connectivity index (χ1v) is 13.8. The molecule has 1 fully saturated rings. The van der Waals surface area contributed by atoms with Crippen LogP contribution in [-0.2, 0) is 20.6 Å². The first-order chi connectivity index (χ1) is 16.1. The molecule has 4 aromatic rings. The lowest BCUT2D eigenvalue weighted by Crippen LogP contribution is -2.16. The summed E-state index contributed by atoms with van der Waals surface area (Å²) in [5.74, 6) is 0.139. The number of sulfone groups is 1. The van der Waals surface area contributed by atoms with Gasteiger partial charge in [-0.15, -0.1) is 11.3 Å². The van der Waals surface area contributed by atoms with Crippen molar-refractivity contribution in [3.63, 3.8) is 0 Å². The highest BCUT2D eigenvalue weighted by Crippen LogP contribution is 2.44. The summed E-state index contributed by atoms with van der Waals surface area (Å²) in [7, 11) is -7.00. The number of pyridine rings is 1. The Labute approximate surface area is 198 Å². The zero-order chi connectivity index (χ0) is 24.3. The van der Waals surface area contributed by atoms with E-state index in [1.165, 1.54) is 36.6 Å². The number of thiazole rings is 1. The smallest absolute Gasteiger partial charge is 0.435 e. The standard InChI is InChI=1S/C21H16F3N3O4S3/c1-2-34(29,30)17-7-12(20-26-10-16(32-20)11-3-4-11)9-25-18(17)19-27-14-8-13(5-6-15(14)31-19)33(28)21(22,23)24/h5-11H,2-4H2,1H3. The van der Waals surface area contributed by atoms with Crippen molar-refractivity contribution in [2.45, 2.75) is 41.0 Å². The fourth-order valence-corrected chi connectivity index (χ4v) is 6.14. The minimum atomic E-state index is -4.92. The van der Waals surface area contributed by atoms with Gasteiger partial charge >= 0.3 is 5.51 Å². The van der Waals surface area contributed by atoms with Gasteiger partial charge in [0.1, 0.15) is 16.2 Å². The van der Waals surface area contributed by atoms with Gasteiger partial charge in [0.2, 0.25) is 5.89 Å². The van der Waals surface area contributed by atoms with E-state index < -0.39 is 31.0 Å². The predicted molar refractivity (Wildman–Crippen MR) is 121 cm³/mol. The number of fused-ring (bicyclic) bond motifs is 1. The third-order valence-corrected chi connectivity index (χ3v) is 9.36. The number of alkyl halides is 3. The Morgan fingerprint density at radius 2 is 1.94 bits per heavy atom. The summed E-state index contributed by atoms with van der Waals surface area (Å²) in [6.45, 7) is 1.49. The zero-order valence-electron chi connectivity index (χ0n) is 17.5. The van der Waals surface area contributed by atoms with Crippen LogP contribution in [0.5, 0.6) is 0 Å². The number of rotatable bonds is 6. The van der Waals surface area contributed by atoms with Crippen LogP contribution in [-0.4, -0.2) is 38.8 Å². The highest BCUT2D eigenvalue weighted by Gasteiger charge is 2.38. The number of oxazole rings is 1. The lowest BCUT2D eigenvalue weighted by molar-refractivity contribution is -0.0384. The van der Waals surface area contributed by atoms with Crippen LogP contribution in [0.4, 0.5) is 13.2 Å². The third-order valence-electron chi connectivity index (χ3n) is 5.30. The van der Waals surface area contributed by atoms with Gasteiger partial charge in [0, 0.05) is 22.8 Å². The molecule has 0 N–H and O–H groups in total. The van der Waals surface area contributed by atoms with E-state index in [4.69, 9.17) is 4.42 Å². The van der Waals surface area contributed by atoms with Gasteiger partial charge in [-0.2, -0.15) is 13.2 Å². The van der Waals surface area contributed by atoms with Crippen LogP contribution >= 0.6 is 11.3 Å². The van der Waals surface area contributed by atoms with Gasteiger partial charge in [-0.05, 0) is 43.0 Å². The van der Waals surface area contributed by atoms with Gasteiger partial charge in [-0.1, -0.05) is 6.92 Å². The monoisotopic (exact) mass is 527 g/mol. The van der Waals surface area contributed by atoms with Gasteiger partial charge in [0.25, 0.3) is 0 Å². The topological polar surface area (TPSA) is 103 Å². The second-order valence-electron chi connectivity index (χ2n) is 7.68. The second kappa shape index (κ2) is 8.24. The Morgan fingerprint density at radius 3 is 2.62 bits per heavy atom. The maximum absolute atomic E-state index is 12.9. The maximum atomic E-state index is 12.9. The van der Waals surface area contributed by atoms with E-state index in [0.29, 0.717) is 16.5 Å². The average Bonchev–Trinajstić information content (AvgIpc) is 3.38. The summed E-state index contributed by atoms with van der Waals surface area (Å²) in [4.78, 5) is 13.4. The summed E-state index contributed by atoms with van der Waals surface area (Å²) in [5, 5.41) is 0.644. The van der Waals surface area contributed by atoms with Gasteiger partial charge in [0.05, 0.1) is 15.5 Å². The van der Waals surface area contributed by atoms with Crippen LogP contribution < -0.4 is 0 Å². The molecule has 13 heteroatoms. The van der Waals surface area contributed by atoms with Crippen LogP contribution in [0.15, 0.2) is 50.9 Å². The maximum Gasteiger partial charge on any atom is 0.475 e. The molecule has 1 atom stereocenters.